The lowest BCUT2D eigenvalue weighted by Gasteiger charge is -2.10. The van der Waals surface area contributed by atoms with Crippen molar-refractivity contribution in [3.05, 3.63) is 47.3 Å². The van der Waals surface area contributed by atoms with Crippen molar-refractivity contribution in [1.82, 2.24) is 9.78 Å². The van der Waals surface area contributed by atoms with E-state index in [-0.39, 0.29) is 5.56 Å². The topological polar surface area (TPSA) is 46.9 Å². The molecule has 2 aliphatic rings. The van der Waals surface area contributed by atoms with E-state index < -0.39 is 18.0 Å². The number of nitrogens with one attached hydrogen (secondary N) is 1. The Bertz CT molecular complexity index is 753. The fourth-order valence-corrected chi connectivity index (χ4v) is 2.72. The van der Waals surface area contributed by atoms with Crippen molar-refractivity contribution in [3.63, 3.8) is 0 Å². The van der Waals surface area contributed by atoms with Gasteiger partial charge in [0, 0.05) is 18.9 Å². The molecule has 4 rings (SSSR count). The molecule has 0 spiro atoms. The highest BCUT2D eigenvalue weighted by molar-refractivity contribution is 6.05. The van der Waals surface area contributed by atoms with E-state index in [9.17, 15) is 13.6 Å². The van der Waals surface area contributed by atoms with Crippen molar-refractivity contribution in [2.45, 2.75) is 58.8 Å². The number of carbonyl (C=O) groups excluding carboxylic acids is 1. The third kappa shape index (κ3) is 5.88. The number of anilines is 1. The maximum absolute atomic E-state index is 13.0. The molecule has 0 bridgehead atoms. The minimum absolute atomic E-state index is 0.0869. The summed E-state index contributed by atoms with van der Waals surface area (Å²) in [5.74, 6) is 0.470. The van der Waals surface area contributed by atoms with Crippen LogP contribution in [0.5, 0.6) is 0 Å². The Morgan fingerprint density at radius 2 is 1.81 bits per heavy atom. The number of hydrogen-bond donors (Lipinski definition) is 1. The van der Waals surface area contributed by atoms with Gasteiger partial charge in [0.2, 0.25) is 0 Å². The van der Waals surface area contributed by atoms with E-state index in [2.05, 4.69) is 17.3 Å². The van der Waals surface area contributed by atoms with Gasteiger partial charge in [-0.2, -0.15) is 5.10 Å². The highest BCUT2D eigenvalue weighted by Gasteiger charge is 2.35. The molecule has 0 radical (unpaired) electrons. The largest absolute Gasteiger partial charge is 0.322 e. The van der Waals surface area contributed by atoms with E-state index in [4.69, 9.17) is 0 Å². The molecule has 27 heavy (non-hydrogen) atoms. The summed E-state index contributed by atoms with van der Waals surface area (Å²) in [7, 11) is 1.52. The minimum atomic E-state index is -2.78. The number of carbonyl (C=O) groups is 1. The van der Waals surface area contributed by atoms with Gasteiger partial charge >= 0.3 is 0 Å². The second-order valence-electron chi connectivity index (χ2n) is 6.82. The van der Waals surface area contributed by atoms with Crippen LogP contribution in [0, 0.1) is 5.92 Å². The van der Waals surface area contributed by atoms with Crippen molar-refractivity contribution < 1.29 is 13.6 Å². The van der Waals surface area contributed by atoms with Crippen molar-refractivity contribution in [1.29, 1.82) is 0 Å². The second kappa shape index (κ2) is 9.62. The summed E-state index contributed by atoms with van der Waals surface area (Å²) in [4.78, 5) is 12.3. The van der Waals surface area contributed by atoms with Crippen LogP contribution in [0.15, 0.2) is 30.5 Å². The van der Waals surface area contributed by atoms with Gasteiger partial charge in [0.1, 0.15) is 5.69 Å². The smallest absolute Gasteiger partial charge is 0.282 e. The summed E-state index contributed by atoms with van der Waals surface area (Å²) in [6.07, 6.45) is 4.13. The van der Waals surface area contributed by atoms with Gasteiger partial charge in [-0.15, -0.1) is 0 Å². The number of amides is 1. The van der Waals surface area contributed by atoms with E-state index in [1.807, 2.05) is 32.0 Å². The van der Waals surface area contributed by atoms with Crippen LogP contribution in [0.1, 0.15) is 80.4 Å². The van der Waals surface area contributed by atoms with Gasteiger partial charge in [-0.05, 0) is 29.9 Å². The first-order valence-electron chi connectivity index (χ1n) is 9.69. The normalized spacial score (nSPS) is 19.4. The van der Waals surface area contributed by atoms with Gasteiger partial charge in [-0.1, -0.05) is 58.2 Å². The number of halogens is 2. The first kappa shape index (κ1) is 21.1. The number of hydrogen-bond acceptors (Lipinski definition) is 2. The Morgan fingerprint density at radius 1 is 1.22 bits per heavy atom. The SMILES string of the molecule is C1CC1.CC.CC1CC1c1ccccc1NC(=O)c1cn(C)nc1C(F)F. The molecular weight excluding hydrogens is 348 g/mol. The predicted octanol–water partition coefficient (Wildman–Crippen LogP) is 5.93. The van der Waals surface area contributed by atoms with Crippen molar-refractivity contribution in [3.8, 4) is 0 Å². The van der Waals surface area contributed by atoms with Gasteiger partial charge in [0.15, 0.2) is 0 Å². The summed E-state index contributed by atoms with van der Waals surface area (Å²) in [5, 5.41) is 6.41. The van der Waals surface area contributed by atoms with E-state index in [0.29, 0.717) is 17.5 Å². The van der Waals surface area contributed by atoms with Gasteiger partial charge < -0.3 is 5.32 Å². The van der Waals surface area contributed by atoms with Crippen LogP contribution in [-0.4, -0.2) is 15.7 Å². The molecule has 148 valence electrons. The molecule has 2 aliphatic carbocycles. The van der Waals surface area contributed by atoms with Crippen LogP contribution in [0.2, 0.25) is 0 Å². The zero-order valence-electron chi connectivity index (χ0n) is 16.5. The Morgan fingerprint density at radius 3 is 2.33 bits per heavy atom. The fourth-order valence-electron chi connectivity index (χ4n) is 2.72. The summed E-state index contributed by atoms with van der Waals surface area (Å²) >= 11 is 0. The quantitative estimate of drug-likeness (QED) is 0.718. The first-order chi connectivity index (χ1) is 13.0. The number of aryl methyl sites for hydroxylation is 1. The molecule has 1 aromatic carbocycles. The molecule has 0 saturated heterocycles. The monoisotopic (exact) mass is 377 g/mol. The lowest BCUT2D eigenvalue weighted by molar-refractivity contribution is 0.101. The number of benzene rings is 1. The van der Waals surface area contributed by atoms with Crippen LogP contribution >= 0.6 is 0 Å². The molecule has 1 N–H and O–H groups in total. The Kier molecular flexibility index (Phi) is 7.51. The standard InChI is InChI=1S/C16H17F2N3O.C3H6.C2H6/c1-9-7-11(9)10-5-3-4-6-13(10)19-16(22)12-8-21(2)20-14(12)15(17)18;1-2-3-1;1-2/h3-6,8-9,11,15H,7H2,1-2H3,(H,19,22);1-3H2;1-2H3. The molecule has 4 nitrogen and oxygen atoms in total. The number of aromatic nitrogens is 2. The van der Waals surface area contributed by atoms with Crippen molar-refractivity contribution in [2.75, 3.05) is 5.32 Å². The van der Waals surface area contributed by atoms with Crippen LogP contribution in [0.4, 0.5) is 14.5 Å². The lowest BCUT2D eigenvalue weighted by Crippen LogP contribution is -2.14. The predicted molar refractivity (Wildman–Crippen MR) is 104 cm³/mol. The summed E-state index contributed by atoms with van der Waals surface area (Å²) in [5.41, 5.74) is 1.17. The van der Waals surface area contributed by atoms with E-state index in [1.54, 1.807) is 6.07 Å². The molecule has 1 heterocycles. The molecule has 2 saturated carbocycles. The molecular formula is C21H29F2N3O. The number of rotatable bonds is 4. The van der Waals surface area contributed by atoms with Crippen LogP contribution in [0.3, 0.4) is 0 Å². The Labute approximate surface area is 160 Å². The highest BCUT2D eigenvalue weighted by atomic mass is 19.3. The Hall–Kier alpha value is -2.24. The molecule has 2 fully saturated rings. The maximum atomic E-state index is 13.0. The van der Waals surface area contributed by atoms with Crippen molar-refractivity contribution in [2.24, 2.45) is 13.0 Å². The number of nitrogens with zero attached hydrogens (tertiary/aromatic N) is 2. The third-order valence-electron chi connectivity index (χ3n) is 4.38. The zero-order valence-corrected chi connectivity index (χ0v) is 16.5. The van der Waals surface area contributed by atoms with Crippen LogP contribution < -0.4 is 5.32 Å². The van der Waals surface area contributed by atoms with Gasteiger partial charge in [-0.25, -0.2) is 8.78 Å². The number of alkyl halides is 2. The van der Waals surface area contributed by atoms with Crippen LogP contribution in [-0.2, 0) is 7.05 Å². The molecule has 2 aromatic rings. The average molecular weight is 377 g/mol. The average Bonchev–Trinajstić information content (AvgIpc) is 3.58. The van der Waals surface area contributed by atoms with E-state index in [1.165, 1.54) is 37.2 Å². The number of para-hydroxylation sites is 1. The molecule has 2 atom stereocenters. The Balaban J connectivity index is 0.000000463. The lowest BCUT2D eigenvalue weighted by atomic mass is 10.1. The summed E-state index contributed by atoms with van der Waals surface area (Å²) < 4.78 is 27.1. The molecule has 0 aliphatic heterocycles. The molecule has 2 unspecified atom stereocenters. The fraction of sp³-hybridized carbons (Fsp3) is 0.524. The zero-order chi connectivity index (χ0) is 20.0. The molecule has 1 amide bonds. The second-order valence-corrected chi connectivity index (χ2v) is 6.82. The minimum Gasteiger partial charge on any atom is -0.322 e. The third-order valence-corrected chi connectivity index (χ3v) is 4.38. The first-order valence-corrected chi connectivity index (χ1v) is 9.69. The maximum Gasteiger partial charge on any atom is 0.282 e. The summed E-state index contributed by atoms with van der Waals surface area (Å²) in [6, 6.07) is 7.52. The van der Waals surface area contributed by atoms with Crippen LogP contribution in [0.25, 0.3) is 0 Å². The van der Waals surface area contributed by atoms with E-state index in [0.717, 1.165) is 12.0 Å². The highest BCUT2D eigenvalue weighted by Crippen LogP contribution is 2.49. The van der Waals surface area contributed by atoms with Gasteiger partial charge in [-0.3, -0.25) is 9.48 Å². The molecule has 6 heteroatoms. The van der Waals surface area contributed by atoms with E-state index >= 15 is 0 Å². The van der Waals surface area contributed by atoms with Crippen molar-refractivity contribution >= 4 is 11.6 Å². The van der Waals surface area contributed by atoms with Gasteiger partial charge in [0.25, 0.3) is 12.3 Å². The molecule has 1 aromatic heterocycles. The summed E-state index contributed by atoms with van der Waals surface area (Å²) in [6.45, 7) is 6.15. The van der Waals surface area contributed by atoms with Gasteiger partial charge in [0.05, 0.1) is 5.56 Å².